The number of hydrogen-bond acceptors (Lipinski definition) is 5. The van der Waals surface area contributed by atoms with Crippen molar-refractivity contribution in [3.8, 4) is 0 Å². The summed E-state index contributed by atoms with van der Waals surface area (Å²) in [5.74, 6) is -0.277. The lowest BCUT2D eigenvalue weighted by Crippen LogP contribution is -2.41. The predicted molar refractivity (Wildman–Crippen MR) is 128 cm³/mol. The van der Waals surface area contributed by atoms with Crippen molar-refractivity contribution < 1.29 is 9.59 Å². The third-order valence-electron chi connectivity index (χ3n) is 5.17. The van der Waals surface area contributed by atoms with Gasteiger partial charge in [-0.1, -0.05) is 52.2 Å². The number of carbonyl (C=O) groups is 2. The molecule has 1 aromatic heterocycles. The molecule has 2 heterocycles. The number of likely N-dealkylation sites (tertiary alicyclic amines) is 1. The lowest BCUT2D eigenvalue weighted by molar-refractivity contribution is 0.102. The van der Waals surface area contributed by atoms with Gasteiger partial charge in [-0.3, -0.25) is 4.79 Å². The average molecular weight is 490 g/mol. The quantitative estimate of drug-likeness (QED) is 0.483. The largest absolute Gasteiger partial charge is 0.324 e. The van der Waals surface area contributed by atoms with Crippen LogP contribution in [0.1, 0.15) is 39.1 Å². The Hall–Kier alpha value is -2.68. The highest BCUT2D eigenvalue weighted by Crippen LogP contribution is 2.31. The second-order valence-corrected chi connectivity index (χ2v) is 9.46. The van der Waals surface area contributed by atoms with Crippen molar-refractivity contribution in [2.45, 2.75) is 25.7 Å². The molecule has 1 atom stereocenters. The predicted octanol–water partition coefficient (Wildman–Crippen LogP) is 5.82. The van der Waals surface area contributed by atoms with Crippen LogP contribution in [0.4, 0.5) is 16.2 Å². The van der Waals surface area contributed by atoms with Crippen molar-refractivity contribution in [1.29, 1.82) is 0 Å². The summed E-state index contributed by atoms with van der Waals surface area (Å²) in [6.45, 7) is 3.10. The van der Waals surface area contributed by atoms with E-state index in [1.54, 1.807) is 23.1 Å². The Balaban J connectivity index is 1.39. The Morgan fingerprint density at radius 2 is 1.88 bits per heavy atom. The molecule has 1 aliphatic rings. The number of urea groups is 1. The van der Waals surface area contributed by atoms with Gasteiger partial charge in [0, 0.05) is 29.7 Å². The third-order valence-corrected chi connectivity index (χ3v) is 6.82. The molecular weight excluding hydrogens is 469 g/mol. The molecule has 7 nitrogen and oxygen atoms in total. The Bertz CT molecular complexity index is 1140. The summed E-state index contributed by atoms with van der Waals surface area (Å²) < 4.78 is 0. The molecular formula is C22H21Cl2N5O2S. The van der Waals surface area contributed by atoms with Crippen LogP contribution in [0.5, 0.6) is 0 Å². The number of nitrogens with one attached hydrogen (secondary N) is 2. The van der Waals surface area contributed by atoms with Crippen LogP contribution in [-0.2, 0) is 0 Å². The van der Waals surface area contributed by atoms with Crippen LogP contribution in [0, 0.1) is 6.92 Å². The fourth-order valence-corrected chi connectivity index (χ4v) is 4.66. The molecule has 0 saturated carbocycles. The second-order valence-electron chi connectivity index (χ2n) is 7.61. The summed E-state index contributed by atoms with van der Waals surface area (Å²) in [5.41, 5.74) is 2.29. The molecule has 2 N–H and O–H groups in total. The van der Waals surface area contributed by atoms with Crippen molar-refractivity contribution in [2.24, 2.45) is 0 Å². The Morgan fingerprint density at radius 3 is 2.66 bits per heavy atom. The van der Waals surface area contributed by atoms with E-state index in [4.69, 9.17) is 23.2 Å². The van der Waals surface area contributed by atoms with Crippen LogP contribution >= 0.6 is 34.5 Å². The number of amides is 3. The maximum Gasteiger partial charge on any atom is 0.321 e. The lowest BCUT2D eigenvalue weighted by atomic mass is 9.99. The molecule has 32 heavy (non-hydrogen) atoms. The SMILES string of the molecule is Cc1ccc(NC(=O)c2nnc([C@H]3CCCN(C(=O)Nc4cc(Cl)ccc4Cl)C3)s2)cc1. The lowest BCUT2D eigenvalue weighted by Gasteiger charge is -2.31. The zero-order chi connectivity index (χ0) is 22.7. The first-order chi connectivity index (χ1) is 15.4. The number of aryl methyl sites for hydroxylation is 1. The fourth-order valence-electron chi connectivity index (χ4n) is 3.46. The molecule has 1 saturated heterocycles. The molecule has 0 bridgehead atoms. The van der Waals surface area contributed by atoms with Gasteiger partial charge in [0.1, 0.15) is 5.01 Å². The van der Waals surface area contributed by atoms with Crippen LogP contribution in [0.25, 0.3) is 0 Å². The van der Waals surface area contributed by atoms with E-state index >= 15 is 0 Å². The maximum absolute atomic E-state index is 12.8. The standard InChI is InChI=1S/C22H21Cl2N5O2S/c1-13-4-7-16(8-5-13)25-19(30)21-28-27-20(32-21)14-3-2-10-29(12-14)22(31)26-18-11-15(23)6-9-17(18)24/h4-9,11,14H,2-3,10,12H2,1H3,(H,25,30)(H,26,31)/t14-/m0/s1. The van der Waals surface area contributed by atoms with Crippen LogP contribution in [0.2, 0.25) is 10.0 Å². The van der Waals surface area contributed by atoms with E-state index in [2.05, 4.69) is 20.8 Å². The molecule has 1 aliphatic heterocycles. The number of halogens is 2. The molecule has 0 radical (unpaired) electrons. The van der Waals surface area contributed by atoms with Gasteiger partial charge in [-0.15, -0.1) is 10.2 Å². The highest BCUT2D eigenvalue weighted by molar-refractivity contribution is 7.13. The van der Waals surface area contributed by atoms with Gasteiger partial charge < -0.3 is 15.5 Å². The van der Waals surface area contributed by atoms with E-state index in [-0.39, 0.29) is 17.9 Å². The van der Waals surface area contributed by atoms with Crippen LogP contribution in [-0.4, -0.2) is 40.1 Å². The Labute approximate surface area is 199 Å². The number of rotatable bonds is 4. The monoisotopic (exact) mass is 489 g/mol. The highest BCUT2D eigenvalue weighted by Gasteiger charge is 2.28. The summed E-state index contributed by atoms with van der Waals surface area (Å²) in [6, 6.07) is 12.2. The smallest absolute Gasteiger partial charge is 0.321 e. The third kappa shape index (κ3) is 5.38. The van der Waals surface area contributed by atoms with Crippen LogP contribution < -0.4 is 10.6 Å². The number of anilines is 2. The maximum atomic E-state index is 12.8. The molecule has 0 aliphatic carbocycles. The number of benzene rings is 2. The molecule has 2 aromatic carbocycles. The summed E-state index contributed by atoms with van der Waals surface area (Å²) in [7, 11) is 0. The van der Waals surface area contributed by atoms with Gasteiger partial charge in [0.2, 0.25) is 5.01 Å². The number of hydrogen-bond donors (Lipinski definition) is 2. The molecule has 0 spiro atoms. The first-order valence-corrected chi connectivity index (χ1v) is 11.7. The van der Waals surface area contributed by atoms with Crippen LogP contribution in [0.15, 0.2) is 42.5 Å². The number of piperidine rings is 1. The van der Waals surface area contributed by atoms with Gasteiger partial charge in [-0.2, -0.15) is 0 Å². The number of nitrogens with zero attached hydrogens (tertiary/aromatic N) is 3. The van der Waals surface area contributed by atoms with E-state index in [1.165, 1.54) is 11.3 Å². The molecule has 4 rings (SSSR count). The minimum atomic E-state index is -0.293. The first-order valence-electron chi connectivity index (χ1n) is 10.1. The van der Waals surface area contributed by atoms with E-state index in [1.807, 2.05) is 31.2 Å². The molecule has 1 fully saturated rings. The van der Waals surface area contributed by atoms with Crippen molar-refractivity contribution in [1.82, 2.24) is 15.1 Å². The van der Waals surface area contributed by atoms with Gasteiger partial charge in [0.25, 0.3) is 5.91 Å². The summed E-state index contributed by atoms with van der Waals surface area (Å²) >= 11 is 13.4. The summed E-state index contributed by atoms with van der Waals surface area (Å²) in [5, 5.41) is 15.9. The van der Waals surface area contributed by atoms with Gasteiger partial charge in [-0.05, 0) is 50.1 Å². The molecule has 0 unspecified atom stereocenters. The van der Waals surface area contributed by atoms with E-state index in [0.717, 1.165) is 23.4 Å². The van der Waals surface area contributed by atoms with E-state index in [9.17, 15) is 9.59 Å². The van der Waals surface area contributed by atoms with E-state index < -0.39 is 0 Å². The zero-order valence-electron chi connectivity index (χ0n) is 17.3. The second kappa shape index (κ2) is 9.85. The van der Waals surface area contributed by atoms with Crippen molar-refractivity contribution in [2.75, 3.05) is 23.7 Å². The highest BCUT2D eigenvalue weighted by atomic mass is 35.5. The van der Waals surface area contributed by atoms with Crippen LogP contribution in [0.3, 0.4) is 0 Å². The minimum absolute atomic E-state index is 0.0164. The number of carbonyl (C=O) groups excluding carboxylic acids is 2. The van der Waals surface area contributed by atoms with E-state index in [0.29, 0.717) is 39.5 Å². The first kappa shape index (κ1) is 22.5. The summed E-state index contributed by atoms with van der Waals surface area (Å²) in [6.07, 6.45) is 1.70. The molecule has 3 aromatic rings. The Morgan fingerprint density at radius 1 is 1.09 bits per heavy atom. The normalized spacial score (nSPS) is 16.0. The average Bonchev–Trinajstić information content (AvgIpc) is 3.28. The minimum Gasteiger partial charge on any atom is -0.324 e. The molecule has 3 amide bonds. The zero-order valence-corrected chi connectivity index (χ0v) is 19.6. The summed E-state index contributed by atoms with van der Waals surface area (Å²) in [4.78, 5) is 27.0. The van der Waals surface area contributed by atoms with Crippen molar-refractivity contribution in [3.63, 3.8) is 0 Å². The van der Waals surface area contributed by atoms with Crippen molar-refractivity contribution in [3.05, 3.63) is 68.1 Å². The van der Waals surface area contributed by atoms with Gasteiger partial charge in [-0.25, -0.2) is 4.79 Å². The van der Waals surface area contributed by atoms with Gasteiger partial charge in [0.05, 0.1) is 10.7 Å². The fraction of sp³-hybridized carbons (Fsp3) is 0.273. The Kier molecular flexibility index (Phi) is 6.93. The molecule has 10 heteroatoms. The topological polar surface area (TPSA) is 87.2 Å². The van der Waals surface area contributed by atoms with Gasteiger partial charge >= 0.3 is 6.03 Å². The van der Waals surface area contributed by atoms with Crippen molar-refractivity contribution >= 4 is 57.9 Å². The number of aromatic nitrogens is 2. The molecule has 166 valence electrons. The van der Waals surface area contributed by atoms with Gasteiger partial charge in [0.15, 0.2) is 0 Å².